The third-order valence-electron chi connectivity index (χ3n) is 5.21. The quantitative estimate of drug-likeness (QED) is 0.532. The third kappa shape index (κ3) is 4.00. The molecule has 2 atom stereocenters. The van der Waals surface area contributed by atoms with E-state index in [1.807, 2.05) is 52.7 Å². The van der Waals surface area contributed by atoms with Gasteiger partial charge in [0.15, 0.2) is 0 Å². The van der Waals surface area contributed by atoms with E-state index in [2.05, 4.69) is 19.2 Å². The first kappa shape index (κ1) is 20.6. The van der Waals surface area contributed by atoms with Crippen LogP contribution in [0, 0.1) is 5.92 Å². The van der Waals surface area contributed by atoms with Crippen molar-refractivity contribution in [1.29, 1.82) is 0 Å². The molecule has 1 aromatic heterocycles. The minimum absolute atomic E-state index is 0.0236. The van der Waals surface area contributed by atoms with E-state index < -0.39 is 5.92 Å². The molecule has 2 amide bonds. The number of nitrogens with one attached hydrogen (secondary N) is 1. The van der Waals surface area contributed by atoms with E-state index in [-0.39, 0.29) is 23.8 Å². The van der Waals surface area contributed by atoms with Crippen molar-refractivity contribution in [3.63, 3.8) is 0 Å². The van der Waals surface area contributed by atoms with Crippen molar-refractivity contribution in [2.75, 3.05) is 11.9 Å². The van der Waals surface area contributed by atoms with Crippen molar-refractivity contribution in [3.8, 4) is 0 Å². The van der Waals surface area contributed by atoms with Crippen LogP contribution < -0.4 is 5.32 Å². The van der Waals surface area contributed by atoms with E-state index in [1.54, 1.807) is 29.5 Å². The molecule has 154 valence electrons. The summed E-state index contributed by atoms with van der Waals surface area (Å²) in [4.78, 5) is 29.9. The van der Waals surface area contributed by atoms with Gasteiger partial charge in [-0.2, -0.15) is 0 Å². The second kappa shape index (κ2) is 8.62. The molecule has 3 aromatic rings. The molecule has 0 saturated heterocycles. The molecule has 4 rings (SSSR count). The number of fused-ring (bicyclic) bond motifs is 1. The predicted molar refractivity (Wildman–Crippen MR) is 122 cm³/mol. The first-order chi connectivity index (χ1) is 14.5. The highest BCUT2D eigenvalue weighted by atomic mass is 35.5. The van der Waals surface area contributed by atoms with Gasteiger partial charge in [-0.15, -0.1) is 11.3 Å². The summed E-state index contributed by atoms with van der Waals surface area (Å²) in [6.45, 7) is 4.75. The molecule has 30 heavy (non-hydrogen) atoms. The number of hydrogen-bond donors (Lipinski definition) is 1. The Kier molecular flexibility index (Phi) is 5.93. The fourth-order valence-electron chi connectivity index (χ4n) is 4.03. The molecule has 0 unspecified atom stereocenters. The number of halogens is 1. The van der Waals surface area contributed by atoms with Crippen LogP contribution in [0.25, 0.3) is 0 Å². The third-order valence-corrected chi connectivity index (χ3v) is 6.39. The Labute approximate surface area is 185 Å². The number of carbonyl (C=O) groups is 2. The van der Waals surface area contributed by atoms with Crippen LogP contribution in [0.2, 0.25) is 5.02 Å². The monoisotopic (exact) mass is 438 g/mol. The lowest BCUT2D eigenvalue weighted by molar-refractivity contribution is -0.119. The van der Waals surface area contributed by atoms with Crippen molar-refractivity contribution < 1.29 is 9.59 Å². The molecule has 0 aliphatic carbocycles. The summed E-state index contributed by atoms with van der Waals surface area (Å²) in [5.41, 5.74) is 2.00. The maximum atomic E-state index is 13.6. The minimum Gasteiger partial charge on any atom is -0.329 e. The van der Waals surface area contributed by atoms with Gasteiger partial charge in [-0.25, -0.2) is 0 Å². The first-order valence-electron chi connectivity index (χ1n) is 9.95. The fraction of sp³-hybridized carbons (Fsp3) is 0.250. The molecule has 0 radical (unpaired) electrons. The van der Waals surface area contributed by atoms with Gasteiger partial charge in [0.1, 0.15) is 0 Å². The molecular weight excluding hydrogens is 416 g/mol. The average molecular weight is 439 g/mol. The standard InChI is InChI=1S/C24H23ClN2O2S/c1-15(2)14-27-22(20-11-6-12-30-20)21(18-9-3-4-10-19(18)24(27)29)23(28)26-17-8-5-7-16(25)13-17/h3-13,15,21-22H,14H2,1-2H3,(H,26,28)/t21-,22+/m1/s1. The number of anilines is 1. The second-order valence-electron chi connectivity index (χ2n) is 7.88. The van der Waals surface area contributed by atoms with Gasteiger partial charge < -0.3 is 10.2 Å². The summed E-state index contributed by atoms with van der Waals surface area (Å²) in [6.07, 6.45) is 0. The van der Waals surface area contributed by atoms with Crippen molar-refractivity contribution in [2.45, 2.75) is 25.8 Å². The molecule has 2 aromatic carbocycles. The Morgan fingerprint density at radius 2 is 1.93 bits per heavy atom. The van der Waals surface area contributed by atoms with E-state index >= 15 is 0 Å². The molecule has 1 N–H and O–H groups in total. The maximum absolute atomic E-state index is 13.6. The Balaban J connectivity index is 1.82. The summed E-state index contributed by atoms with van der Waals surface area (Å²) < 4.78 is 0. The van der Waals surface area contributed by atoms with Gasteiger partial charge in [0, 0.05) is 27.7 Å². The van der Waals surface area contributed by atoms with Crippen molar-refractivity contribution in [1.82, 2.24) is 4.90 Å². The average Bonchev–Trinajstić information content (AvgIpc) is 3.24. The fourth-order valence-corrected chi connectivity index (χ4v) is 5.10. The van der Waals surface area contributed by atoms with Gasteiger partial charge in [-0.1, -0.05) is 55.8 Å². The minimum atomic E-state index is -0.518. The van der Waals surface area contributed by atoms with E-state index in [4.69, 9.17) is 11.6 Å². The Morgan fingerprint density at radius 3 is 2.63 bits per heavy atom. The number of amides is 2. The summed E-state index contributed by atoms with van der Waals surface area (Å²) >= 11 is 7.67. The zero-order valence-electron chi connectivity index (χ0n) is 16.8. The van der Waals surface area contributed by atoms with Gasteiger partial charge in [-0.3, -0.25) is 9.59 Å². The molecule has 0 bridgehead atoms. The zero-order valence-corrected chi connectivity index (χ0v) is 18.4. The lowest BCUT2D eigenvalue weighted by atomic mass is 9.81. The zero-order chi connectivity index (χ0) is 21.3. The molecule has 6 heteroatoms. The van der Waals surface area contributed by atoms with Gasteiger partial charge in [0.05, 0.1) is 12.0 Å². The first-order valence-corrected chi connectivity index (χ1v) is 11.2. The summed E-state index contributed by atoms with van der Waals surface area (Å²) in [5, 5.41) is 5.56. The molecule has 0 spiro atoms. The number of nitrogens with zero attached hydrogens (tertiary/aromatic N) is 1. The highest BCUT2D eigenvalue weighted by Crippen LogP contribution is 2.45. The highest BCUT2D eigenvalue weighted by molar-refractivity contribution is 7.10. The van der Waals surface area contributed by atoms with Crippen LogP contribution in [0.15, 0.2) is 66.0 Å². The number of carbonyl (C=O) groups excluding carboxylic acids is 2. The van der Waals surface area contributed by atoms with Crippen LogP contribution >= 0.6 is 22.9 Å². The van der Waals surface area contributed by atoms with E-state index in [0.29, 0.717) is 22.8 Å². The number of rotatable bonds is 5. The molecule has 1 aliphatic rings. The summed E-state index contributed by atoms with van der Waals surface area (Å²) in [6, 6.07) is 18.2. The highest BCUT2D eigenvalue weighted by Gasteiger charge is 2.44. The lowest BCUT2D eigenvalue weighted by Gasteiger charge is -2.42. The number of benzene rings is 2. The van der Waals surface area contributed by atoms with Gasteiger partial charge in [0.2, 0.25) is 5.91 Å². The maximum Gasteiger partial charge on any atom is 0.254 e. The van der Waals surface area contributed by atoms with Gasteiger partial charge in [0.25, 0.3) is 5.91 Å². The van der Waals surface area contributed by atoms with Crippen LogP contribution in [0.1, 0.15) is 46.6 Å². The molecule has 1 aliphatic heterocycles. The molecule has 2 heterocycles. The van der Waals surface area contributed by atoms with Crippen LogP contribution in [-0.2, 0) is 4.79 Å². The predicted octanol–water partition coefficient (Wildman–Crippen LogP) is 5.98. The topological polar surface area (TPSA) is 49.4 Å². The van der Waals surface area contributed by atoms with Crippen LogP contribution in [0.3, 0.4) is 0 Å². The van der Waals surface area contributed by atoms with Crippen molar-refractivity contribution >= 4 is 40.4 Å². The Morgan fingerprint density at radius 1 is 1.13 bits per heavy atom. The Hall–Kier alpha value is -2.63. The number of hydrogen-bond acceptors (Lipinski definition) is 3. The lowest BCUT2D eigenvalue weighted by Crippen LogP contribution is -2.47. The number of thiophene rings is 1. The van der Waals surface area contributed by atoms with Crippen molar-refractivity contribution in [2.24, 2.45) is 5.92 Å². The van der Waals surface area contributed by atoms with E-state index in [0.717, 1.165) is 10.4 Å². The smallest absolute Gasteiger partial charge is 0.254 e. The summed E-state index contributed by atoms with van der Waals surface area (Å²) in [7, 11) is 0. The van der Waals surface area contributed by atoms with Crippen LogP contribution in [-0.4, -0.2) is 23.3 Å². The normalized spacial score (nSPS) is 18.4. The second-order valence-corrected chi connectivity index (χ2v) is 9.29. The molecule has 0 fully saturated rings. The SMILES string of the molecule is CC(C)CN1C(=O)c2ccccc2[C@@H](C(=O)Nc2cccc(Cl)c2)[C@@H]1c1cccs1. The largest absolute Gasteiger partial charge is 0.329 e. The molecule has 4 nitrogen and oxygen atoms in total. The summed E-state index contributed by atoms with van der Waals surface area (Å²) in [5.74, 6) is -0.414. The van der Waals surface area contributed by atoms with Gasteiger partial charge in [-0.05, 0) is 47.2 Å². The van der Waals surface area contributed by atoms with E-state index in [9.17, 15) is 9.59 Å². The van der Waals surface area contributed by atoms with Crippen LogP contribution in [0.4, 0.5) is 5.69 Å². The van der Waals surface area contributed by atoms with Crippen LogP contribution in [0.5, 0.6) is 0 Å². The van der Waals surface area contributed by atoms with Gasteiger partial charge >= 0.3 is 0 Å². The molecular formula is C24H23ClN2O2S. The van der Waals surface area contributed by atoms with E-state index in [1.165, 1.54) is 0 Å². The molecule has 0 saturated carbocycles. The van der Waals surface area contributed by atoms with Crippen molar-refractivity contribution in [3.05, 3.63) is 87.1 Å². The Bertz CT molecular complexity index is 1060.